The predicted molar refractivity (Wildman–Crippen MR) is 181 cm³/mol. The van der Waals surface area contributed by atoms with Crippen molar-refractivity contribution in [3.05, 3.63) is 28.7 Å². The quantitative estimate of drug-likeness (QED) is 0.222. The number of carbonyl (C=O) groups is 1. The molecule has 2 aliphatic heterocycles. The smallest absolute Gasteiger partial charge is 0.319 e. The Labute approximate surface area is 287 Å². The number of H-pyrrole nitrogens is 1. The van der Waals surface area contributed by atoms with E-state index in [9.17, 15) is 9.90 Å². The maximum atomic E-state index is 17.2. The van der Waals surface area contributed by atoms with Crippen LogP contribution in [0.1, 0.15) is 51.5 Å². The largest absolute Gasteiger partial charge is 0.480 e. The van der Waals surface area contributed by atoms with Gasteiger partial charge in [-0.3, -0.25) is 9.89 Å². The fraction of sp³-hybridized carbons (Fsp3) is 0.559. The maximum absolute atomic E-state index is 17.2. The Morgan fingerprint density at radius 1 is 1.27 bits per heavy atom. The first-order valence-electron chi connectivity index (χ1n) is 16.6. The summed E-state index contributed by atoms with van der Waals surface area (Å²) in [5, 5.41) is 23.3. The Morgan fingerprint density at radius 3 is 2.88 bits per heavy atom. The van der Waals surface area contributed by atoms with E-state index in [0.717, 1.165) is 38.6 Å². The molecule has 15 heteroatoms. The second-order valence-corrected chi connectivity index (χ2v) is 14.2. The number of methoxy groups -OCH3 is 1. The number of esters is 1. The van der Waals surface area contributed by atoms with Crippen LogP contribution in [0.3, 0.4) is 0 Å². The van der Waals surface area contributed by atoms with Crippen LogP contribution in [0, 0.1) is 18.2 Å². The second kappa shape index (κ2) is 13.1. The lowest BCUT2D eigenvalue weighted by molar-refractivity contribution is -0.145. The van der Waals surface area contributed by atoms with E-state index in [1.165, 1.54) is 14.0 Å². The number of pyridine rings is 1. The zero-order chi connectivity index (χ0) is 34.5. The molecule has 262 valence electrons. The third-order valence-electron chi connectivity index (χ3n) is 10.1. The van der Waals surface area contributed by atoms with Crippen molar-refractivity contribution in [2.24, 2.45) is 5.41 Å². The molecule has 0 bridgehead atoms. The third kappa shape index (κ3) is 6.35. The van der Waals surface area contributed by atoms with Crippen LogP contribution in [-0.2, 0) is 14.3 Å². The fourth-order valence-electron chi connectivity index (χ4n) is 7.69. The summed E-state index contributed by atoms with van der Waals surface area (Å²) in [4.78, 5) is 27.7. The van der Waals surface area contributed by atoms with E-state index in [2.05, 4.69) is 25.5 Å². The van der Waals surface area contributed by atoms with Crippen molar-refractivity contribution in [2.45, 2.75) is 70.6 Å². The van der Waals surface area contributed by atoms with Crippen molar-refractivity contribution in [2.75, 3.05) is 51.5 Å². The van der Waals surface area contributed by atoms with Crippen LogP contribution < -0.4 is 19.7 Å². The van der Waals surface area contributed by atoms with Crippen LogP contribution in [0.15, 0.2) is 12.3 Å². The second-order valence-electron chi connectivity index (χ2n) is 13.8. The Kier molecular flexibility index (Phi) is 9.01. The van der Waals surface area contributed by atoms with Crippen molar-refractivity contribution in [1.29, 1.82) is 0 Å². The number of aromatic amines is 1. The number of rotatable bonds is 8. The molecule has 3 aliphatic rings. The van der Waals surface area contributed by atoms with Gasteiger partial charge in [0.05, 0.1) is 38.6 Å². The number of hydrogen-bond donors (Lipinski definition) is 3. The molecular weight excluding hydrogens is 657 g/mol. The van der Waals surface area contributed by atoms with Crippen LogP contribution in [0.2, 0.25) is 5.02 Å². The number of β-amino-alcohol motifs (C(OH)–C–C–N with tert-alkyl or cyclic N) is 1. The summed E-state index contributed by atoms with van der Waals surface area (Å²) in [6.45, 7) is 6.22. The SMILES string of the molecule is COc1nc(-c2c(C)c(Cl)cc3[nH]ncc23)c(F)c2nc(OC[C@@]34CCCN[C@@H]3CCC4)nc(N3C[C@H](COC(C)=O)OC[C@@](C)(O)C3)c12. The van der Waals surface area contributed by atoms with E-state index in [4.69, 9.17) is 35.5 Å². The molecule has 2 saturated heterocycles. The molecule has 3 fully saturated rings. The molecule has 1 saturated carbocycles. The number of anilines is 1. The lowest BCUT2D eigenvalue weighted by Crippen LogP contribution is -2.49. The molecule has 3 aromatic heterocycles. The van der Waals surface area contributed by atoms with Gasteiger partial charge in [-0.2, -0.15) is 15.1 Å². The molecule has 3 N–H and O–H groups in total. The zero-order valence-electron chi connectivity index (χ0n) is 28.1. The number of nitrogens with one attached hydrogen (secondary N) is 2. The number of halogens is 2. The summed E-state index contributed by atoms with van der Waals surface area (Å²) < 4.78 is 40.7. The number of aromatic nitrogens is 5. The van der Waals surface area contributed by atoms with Crippen LogP contribution in [0.25, 0.3) is 33.1 Å². The van der Waals surface area contributed by atoms with Gasteiger partial charge in [0.25, 0.3) is 0 Å². The Bertz CT molecular complexity index is 1910. The molecule has 7 rings (SSSR count). The molecule has 0 radical (unpaired) electrons. The molecule has 4 atom stereocenters. The summed E-state index contributed by atoms with van der Waals surface area (Å²) in [6.07, 6.45) is 6.22. The van der Waals surface area contributed by atoms with E-state index in [-0.39, 0.29) is 66.0 Å². The van der Waals surface area contributed by atoms with Gasteiger partial charge in [-0.05, 0) is 57.7 Å². The number of nitrogens with zero attached hydrogens (tertiary/aromatic N) is 5. The fourth-order valence-corrected chi connectivity index (χ4v) is 7.90. The van der Waals surface area contributed by atoms with Gasteiger partial charge in [-0.15, -0.1) is 0 Å². The molecule has 1 aliphatic carbocycles. The highest BCUT2D eigenvalue weighted by Gasteiger charge is 2.45. The normalized spacial score (nSPS) is 25.7. The van der Waals surface area contributed by atoms with Gasteiger partial charge in [-0.1, -0.05) is 18.0 Å². The summed E-state index contributed by atoms with van der Waals surface area (Å²) in [5.41, 5.74) is 0.186. The first-order chi connectivity index (χ1) is 23.5. The lowest BCUT2D eigenvalue weighted by Gasteiger charge is -2.39. The topological polar surface area (TPSA) is 157 Å². The average molecular weight is 698 g/mol. The first-order valence-corrected chi connectivity index (χ1v) is 17.0. The van der Waals surface area contributed by atoms with E-state index >= 15 is 4.39 Å². The van der Waals surface area contributed by atoms with Crippen LogP contribution in [-0.4, -0.2) is 101 Å². The standard InChI is InChI=1S/C34H41ClFN7O6/c1-18-22(35)11-23-21(12-38-42-23)25(18)28-27(36)29-26(31(39-28)46-4)30(43-13-20(14-47-19(2)44)48-16-33(3,45)15-43)41-32(40-29)49-17-34-8-5-7-24(34)37-10-6-9-34/h11-12,20,24,37,45H,5-10,13-17H2,1-4H3,(H,38,42)/t20-,24-,33+,34-/m1/s1. The van der Waals surface area contributed by atoms with Crippen molar-refractivity contribution >= 4 is 45.2 Å². The molecule has 13 nitrogen and oxygen atoms in total. The molecular formula is C34H41ClFN7O6. The zero-order valence-corrected chi connectivity index (χ0v) is 28.8. The Morgan fingerprint density at radius 2 is 2.08 bits per heavy atom. The van der Waals surface area contributed by atoms with Crippen molar-refractivity contribution in [3.63, 3.8) is 0 Å². The Balaban J connectivity index is 1.41. The summed E-state index contributed by atoms with van der Waals surface area (Å²) >= 11 is 6.60. The minimum Gasteiger partial charge on any atom is -0.480 e. The number of piperidine rings is 1. The molecule has 0 amide bonds. The highest BCUT2D eigenvalue weighted by atomic mass is 35.5. The monoisotopic (exact) mass is 697 g/mol. The minimum absolute atomic E-state index is 0.0104. The van der Waals surface area contributed by atoms with Gasteiger partial charge in [-0.25, -0.2) is 9.37 Å². The van der Waals surface area contributed by atoms with Crippen molar-refractivity contribution in [1.82, 2.24) is 30.5 Å². The van der Waals surface area contributed by atoms with Gasteiger partial charge < -0.3 is 34.3 Å². The summed E-state index contributed by atoms with van der Waals surface area (Å²) in [5.74, 6) is -0.870. The predicted octanol–water partition coefficient (Wildman–Crippen LogP) is 4.50. The van der Waals surface area contributed by atoms with E-state index < -0.39 is 23.5 Å². The molecule has 5 heterocycles. The van der Waals surface area contributed by atoms with Gasteiger partial charge in [0.1, 0.15) is 40.7 Å². The minimum atomic E-state index is -1.34. The highest BCUT2D eigenvalue weighted by molar-refractivity contribution is 6.33. The van der Waals surface area contributed by atoms with E-state index in [1.807, 2.05) is 0 Å². The summed E-state index contributed by atoms with van der Waals surface area (Å²) in [6, 6.07) is 2.06. The highest BCUT2D eigenvalue weighted by Crippen LogP contribution is 2.46. The number of hydrogen-bond acceptors (Lipinski definition) is 12. The average Bonchev–Trinajstić information content (AvgIpc) is 3.69. The van der Waals surface area contributed by atoms with Crippen LogP contribution in [0.5, 0.6) is 11.9 Å². The van der Waals surface area contributed by atoms with Gasteiger partial charge in [0.15, 0.2) is 5.82 Å². The molecule has 1 aromatic carbocycles. The lowest BCUT2D eigenvalue weighted by atomic mass is 9.76. The van der Waals surface area contributed by atoms with Gasteiger partial charge in [0.2, 0.25) is 5.88 Å². The van der Waals surface area contributed by atoms with Crippen LogP contribution in [0.4, 0.5) is 10.2 Å². The van der Waals surface area contributed by atoms with Crippen molar-refractivity contribution in [3.8, 4) is 23.1 Å². The van der Waals surface area contributed by atoms with Gasteiger partial charge in [0, 0.05) is 40.9 Å². The third-order valence-corrected chi connectivity index (χ3v) is 10.5. The molecule has 4 aromatic rings. The Hall–Kier alpha value is -3.85. The molecule has 0 spiro atoms. The maximum Gasteiger partial charge on any atom is 0.319 e. The van der Waals surface area contributed by atoms with Crippen molar-refractivity contribution < 1.29 is 33.2 Å². The summed E-state index contributed by atoms with van der Waals surface area (Å²) in [7, 11) is 1.44. The number of carbonyl (C=O) groups excluding carboxylic acids is 1. The number of benzene rings is 1. The number of aliphatic hydroxyl groups is 1. The van der Waals surface area contributed by atoms with Crippen LogP contribution >= 0.6 is 11.6 Å². The van der Waals surface area contributed by atoms with Gasteiger partial charge >= 0.3 is 12.0 Å². The molecule has 49 heavy (non-hydrogen) atoms. The number of ether oxygens (including phenoxy) is 4. The van der Waals surface area contributed by atoms with E-state index in [0.29, 0.717) is 39.7 Å². The molecule has 0 unspecified atom stereocenters. The number of fused-ring (bicyclic) bond motifs is 3. The van der Waals surface area contributed by atoms with E-state index in [1.54, 1.807) is 31.0 Å². The first kappa shape index (κ1) is 33.6.